The number of aliphatic hydroxyl groups excluding tert-OH is 1. The van der Waals surface area contributed by atoms with E-state index in [4.69, 9.17) is 5.73 Å². The summed E-state index contributed by atoms with van der Waals surface area (Å²) in [5.41, 5.74) is 7.32. The number of hydrogen-bond acceptors (Lipinski definition) is 6. The molecule has 0 bridgehead atoms. The van der Waals surface area contributed by atoms with Crippen LogP contribution in [0.5, 0.6) is 5.75 Å². The molecule has 9 nitrogen and oxygen atoms in total. The molecule has 0 fully saturated rings. The standard InChI is InChI=1S/C22H27N3O6/c1-13(26)19(25-20(28)17(23)11-15-7-9-16(27)10-8-15)21(29)24-18(22(30)31)12-14-5-3-2-4-6-14/h2-10,13,17-19,26-27H,11-12,23H2,1H3,(H,24,29)(H,25,28)(H,30,31)/t13-,17+,18+,19+/m1/s1. The van der Waals surface area contributed by atoms with E-state index in [1.165, 1.54) is 19.1 Å². The van der Waals surface area contributed by atoms with E-state index in [9.17, 15) is 29.7 Å². The number of nitrogens with one attached hydrogen (secondary N) is 2. The van der Waals surface area contributed by atoms with Crippen LogP contribution < -0.4 is 16.4 Å². The third-order valence-corrected chi connectivity index (χ3v) is 4.69. The third-order valence-electron chi connectivity index (χ3n) is 4.69. The molecular formula is C22H27N3O6. The third kappa shape index (κ3) is 7.40. The van der Waals surface area contributed by atoms with Gasteiger partial charge in [-0.25, -0.2) is 4.79 Å². The van der Waals surface area contributed by atoms with Crippen molar-refractivity contribution in [1.29, 1.82) is 0 Å². The highest BCUT2D eigenvalue weighted by Gasteiger charge is 2.31. The zero-order valence-corrected chi connectivity index (χ0v) is 17.1. The molecule has 2 aromatic carbocycles. The molecule has 0 aliphatic heterocycles. The average molecular weight is 429 g/mol. The molecule has 0 heterocycles. The van der Waals surface area contributed by atoms with E-state index in [0.717, 1.165) is 0 Å². The Morgan fingerprint density at radius 2 is 1.48 bits per heavy atom. The molecular weight excluding hydrogens is 402 g/mol. The van der Waals surface area contributed by atoms with Crippen molar-refractivity contribution in [3.05, 3.63) is 65.7 Å². The van der Waals surface area contributed by atoms with Gasteiger partial charge in [-0.15, -0.1) is 0 Å². The number of aliphatic carboxylic acids is 1. The summed E-state index contributed by atoms with van der Waals surface area (Å²) in [7, 11) is 0. The maximum absolute atomic E-state index is 12.6. The fourth-order valence-electron chi connectivity index (χ4n) is 2.96. The second-order valence-electron chi connectivity index (χ2n) is 7.29. The molecule has 0 radical (unpaired) electrons. The molecule has 0 spiro atoms. The molecule has 4 atom stereocenters. The van der Waals surface area contributed by atoms with E-state index in [2.05, 4.69) is 10.6 Å². The van der Waals surface area contributed by atoms with Gasteiger partial charge in [0.05, 0.1) is 12.1 Å². The summed E-state index contributed by atoms with van der Waals surface area (Å²) in [6.45, 7) is 1.31. The highest BCUT2D eigenvalue weighted by Crippen LogP contribution is 2.11. The van der Waals surface area contributed by atoms with Gasteiger partial charge >= 0.3 is 5.97 Å². The van der Waals surface area contributed by atoms with Gasteiger partial charge in [0.1, 0.15) is 17.8 Å². The molecule has 166 valence electrons. The van der Waals surface area contributed by atoms with Gasteiger partial charge in [-0.2, -0.15) is 0 Å². The van der Waals surface area contributed by atoms with Crippen LogP contribution >= 0.6 is 0 Å². The molecule has 2 amide bonds. The summed E-state index contributed by atoms with van der Waals surface area (Å²) in [4.78, 5) is 36.7. The number of phenols is 1. The second-order valence-corrected chi connectivity index (χ2v) is 7.29. The molecule has 0 saturated heterocycles. The van der Waals surface area contributed by atoms with Crippen LogP contribution in [0, 0.1) is 0 Å². The first-order chi connectivity index (χ1) is 14.7. The summed E-state index contributed by atoms with van der Waals surface area (Å²) in [6.07, 6.45) is -1.09. The second kappa shape index (κ2) is 11.1. The number of carbonyl (C=O) groups excluding carboxylic acids is 2. The largest absolute Gasteiger partial charge is 0.508 e. The van der Waals surface area contributed by atoms with Crippen LogP contribution in [0.1, 0.15) is 18.1 Å². The van der Waals surface area contributed by atoms with Gasteiger partial charge in [0.25, 0.3) is 0 Å². The fraction of sp³-hybridized carbons (Fsp3) is 0.318. The maximum Gasteiger partial charge on any atom is 0.326 e. The van der Waals surface area contributed by atoms with Crippen LogP contribution in [0.3, 0.4) is 0 Å². The predicted molar refractivity (Wildman–Crippen MR) is 113 cm³/mol. The van der Waals surface area contributed by atoms with Crippen molar-refractivity contribution >= 4 is 17.8 Å². The number of nitrogens with two attached hydrogens (primary N) is 1. The Labute approximate surface area is 179 Å². The van der Waals surface area contributed by atoms with Gasteiger partial charge in [0.2, 0.25) is 11.8 Å². The van der Waals surface area contributed by atoms with Crippen molar-refractivity contribution < 1.29 is 29.7 Å². The summed E-state index contributed by atoms with van der Waals surface area (Å²) in [5, 5.41) is 33.5. The Bertz CT molecular complexity index is 886. The summed E-state index contributed by atoms with van der Waals surface area (Å²) in [6, 6.07) is 11.3. The van der Waals surface area contributed by atoms with Crippen molar-refractivity contribution in [1.82, 2.24) is 10.6 Å². The van der Waals surface area contributed by atoms with Gasteiger partial charge in [0.15, 0.2) is 0 Å². The topological polar surface area (TPSA) is 162 Å². The van der Waals surface area contributed by atoms with E-state index >= 15 is 0 Å². The normalized spacial score (nSPS) is 14.7. The Balaban J connectivity index is 2.01. The van der Waals surface area contributed by atoms with Gasteiger partial charge in [0, 0.05) is 6.42 Å². The first-order valence-corrected chi connectivity index (χ1v) is 9.76. The lowest BCUT2D eigenvalue weighted by molar-refractivity contribution is -0.142. The van der Waals surface area contributed by atoms with Gasteiger partial charge in [-0.05, 0) is 36.6 Å². The number of phenolic OH excluding ortho intramolecular Hbond substituents is 1. The fourth-order valence-corrected chi connectivity index (χ4v) is 2.96. The molecule has 0 saturated carbocycles. The smallest absolute Gasteiger partial charge is 0.326 e. The molecule has 0 unspecified atom stereocenters. The molecule has 0 aliphatic rings. The summed E-state index contributed by atoms with van der Waals surface area (Å²) in [5.74, 6) is -2.67. The number of carboxylic acids is 1. The summed E-state index contributed by atoms with van der Waals surface area (Å²) >= 11 is 0. The molecule has 31 heavy (non-hydrogen) atoms. The summed E-state index contributed by atoms with van der Waals surface area (Å²) < 4.78 is 0. The number of carboxylic acid groups (broad SMARTS) is 1. The van der Waals surface area contributed by atoms with Crippen molar-refractivity contribution in [3.63, 3.8) is 0 Å². The molecule has 0 aliphatic carbocycles. The van der Waals surface area contributed by atoms with Crippen LogP contribution in [0.4, 0.5) is 0 Å². The minimum absolute atomic E-state index is 0.0444. The minimum Gasteiger partial charge on any atom is -0.508 e. The average Bonchev–Trinajstić information content (AvgIpc) is 2.73. The van der Waals surface area contributed by atoms with Gasteiger partial charge in [-0.3, -0.25) is 9.59 Å². The van der Waals surface area contributed by atoms with Crippen LogP contribution in [-0.2, 0) is 27.2 Å². The van der Waals surface area contributed by atoms with Gasteiger partial charge < -0.3 is 31.7 Å². The number of aromatic hydroxyl groups is 1. The highest BCUT2D eigenvalue weighted by molar-refractivity contribution is 5.92. The van der Waals surface area contributed by atoms with Crippen molar-refractivity contribution in [2.75, 3.05) is 0 Å². The molecule has 9 heteroatoms. The Hall–Kier alpha value is -3.43. The first kappa shape index (κ1) is 23.8. The van der Waals surface area contributed by atoms with Crippen molar-refractivity contribution in [2.45, 2.75) is 44.0 Å². The Morgan fingerprint density at radius 1 is 0.903 bits per heavy atom. The van der Waals surface area contributed by atoms with Crippen molar-refractivity contribution in [2.24, 2.45) is 5.73 Å². The van der Waals surface area contributed by atoms with Gasteiger partial charge in [-0.1, -0.05) is 42.5 Å². The Morgan fingerprint density at radius 3 is 2.03 bits per heavy atom. The molecule has 7 N–H and O–H groups in total. The Kier molecular flexibility index (Phi) is 8.53. The molecule has 2 aromatic rings. The van der Waals surface area contributed by atoms with Crippen molar-refractivity contribution in [3.8, 4) is 5.75 Å². The lowest BCUT2D eigenvalue weighted by Gasteiger charge is -2.24. The van der Waals surface area contributed by atoms with E-state index < -0.39 is 42.0 Å². The number of aliphatic hydroxyl groups is 1. The van der Waals surface area contributed by atoms with Crippen LogP contribution in [0.15, 0.2) is 54.6 Å². The quantitative estimate of drug-likeness (QED) is 0.308. The van der Waals surface area contributed by atoms with E-state index in [0.29, 0.717) is 11.1 Å². The van der Waals surface area contributed by atoms with E-state index in [1.54, 1.807) is 42.5 Å². The lowest BCUT2D eigenvalue weighted by Crippen LogP contribution is -2.58. The van der Waals surface area contributed by atoms with Crippen LogP contribution in [-0.4, -0.2) is 57.3 Å². The highest BCUT2D eigenvalue weighted by atomic mass is 16.4. The first-order valence-electron chi connectivity index (χ1n) is 9.76. The number of carbonyl (C=O) groups is 3. The van der Waals surface area contributed by atoms with Crippen LogP contribution in [0.2, 0.25) is 0 Å². The molecule has 0 aromatic heterocycles. The number of rotatable bonds is 10. The maximum atomic E-state index is 12.6. The monoisotopic (exact) mass is 429 g/mol. The zero-order chi connectivity index (χ0) is 23.0. The van der Waals surface area contributed by atoms with E-state index in [-0.39, 0.29) is 18.6 Å². The van der Waals surface area contributed by atoms with E-state index in [1.807, 2.05) is 0 Å². The SMILES string of the molecule is C[C@@H](O)[C@H](NC(=O)[C@@H](N)Cc1ccc(O)cc1)C(=O)N[C@@H](Cc1ccccc1)C(=O)O. The number of benzene rings is 2. The number of hydrogen-bond donors (Lipinski definition) is 6. The predicted octanol–water partition coefficient (Wildman–Crippen LogP) is -0.0603. The number of amides is 2. The van der Waals surface area contributed by atoms with Crippen LogP contribution in [0.25, 0.3) is 0 Å². The molecule has 2 rings (SSSR count). The lowest BCUT2D eigenvalue weighted by atomic mass is 10.0. The zero-order valence-electron chi connectivity index (χ0n) is 17.1. The minimum atomic E-state index is -1.38.